The van der Waals surface area contributed by atoms with Crippen LogP contribution in [0.5, 0.6) is 5.75 Å². The van der Waals surface area contributed by atoms with Gasteiger partial charge in [-0.15, -0.1) is 0 Å². The molecule has 2 heteroatoms. The molecule has 0 fully saturated rings. The molecule has 0 saturated heterocycles. The molecule has 0 N–H and O–H groups in total. The van der Waals surface area contributed by atoms with Crippen LogP contribution in [-0.2, 0) is 0 Å². The van der Waals surface area contributed by atoms with E-state index in [1.165, 1.54) is 27.5 Å². The van der Waals surface area contributed by atoms with Gasteiger partial charge in [0.1, 0.15) is 5.75 Å². The van der Waals surface area contributed by atoms with Gasteiger partial charge in [-0.3, -0.25) is 0 Å². The van der Waals surface area contributed by atoms with Crippen molar-refractivity contribution in [3.05, 3.63) is 162 Å². The summed E-state index contributed by atoms with van der Waals surface area (Å²) in [4.78, 5) is 0. The Kier molecular flexibility index (Phi) is 6.91. The second kappa shape index (κ2) is 10.8. The Hall–Kier alpha value is -4.30. The van der Waals surface area contributed by atoms with Crippen LogP contribution in [0.25, 0.3) is 11.0 Å². The van der Waals surface area contributed by atoms with Crippen molar-refractivity contribution in [3.63, 3.8) is 0 Å². The first-order valence-corrected chi connectivity index (χ1v) is 11.9. The van der Waals surface area contributed by atoms with Crippen molar-refractivity contribution < 1.29 is 4.74 Å². The second-order valence-electron chi connectivity index (χ2n) is 8.48. The predicted molar refractivity (Wildman–Crippen MR) is 150 cm³/mol. The number of ether oxygens (including phenoxy) is 1. The molecule has 0 saturated carbocycles. The molecule has 0 aromatic heterocycles. The fourth-order valence-corrected chi connectivity index (χ4v) is 4.80. The fourth-order valence-electron chi connectivity index (χ4n) is 4.80. The molecule has 0 atom stereocenters. The van der Waals surface area contributed by atoms with Gasteiger partial charge in [0, 0.05) is 5.56 Å². The van der Waals surface area contributed by atoms with E-state index in [2.05, 4.69) is 133 Å². The van der Waals surface area contributed by atoms with E-state index in [1.807, 2.05) is 12.1 Å². The Labute approximate surface area is 208 Å². The summed E-state index contributed by atoms with van der Waals surface area (Å²) >= 11 is 0. The van der Waals surface area contributed by atoms with E-state index in [-0.39, 0.29) is 6.71 Å². The lowest BCUT2D eigenvalue weighted by atomic mass is 9.34. The highest BCUT2D eigenvalue weighted by atomic mass is 16.5. The normalized spacial score (nSPS) is 11.5. The maximum absolute atomic E-state index is 5.89. The SMILES string of the molecule is COc1ccccc1/C(=C(\B(c1ccccc1)c1ccccc1)c1ccccc1)c1ccccc1. The molecule has 5 rings (SSSR count). The molecule has 0 bridgehead atoms. The molecule has 35 heavy (non-hydrogen) atoms. The number of hydrogen-bond acceptors (Lipinski definition) is 1. The monoisotopic (exact) mass is 450 g/mol. The van der Waals surface area contributed by atoms with Crippen molar-refractivity contribution in [2.75, 3.05) is 7.11 Å². The van der Waals surface area contributed by atoms with Gasteiger partial charge in [-0.2, -0.15) is 0 Å². The zero-order valence-electron chi connectivity index (χ0n) is 19.8. The Balaban J connectivity index is 1.94. The minimum atomic E-state index is 0.0277. The fraction of sp³-hybridized carbons (Fsp3) is 0.0303. The minimum absolute atomic E-state index is 0.0277. The molecule has 5 aromatic carbocycles. The van der Waals surface area contributed by atoms with Crippen LogP contribution in [0.1, 0.15) is 16.7 Å². The van der Waals surface area contributed by atoms with E-state index >= 15 is 0 Å². The molecule has 0 amide bonds. The van der Waals surface area contributed by atoms with Gasteiger partial charge in [0.15, 0.2) is 0 Å². The Bertz CT molecular complexity index is 1360. The van der Waals surface area contributed by atoms with Gasteiger partial charge in [0.2, 0.25) is 6.71 Å². The number of para-hydroxylation sites is 1. The van der Waals surface area contributed by atoms with E-state index in [1.54, 1.807) is 7.11 Å². The van der Waals surface area contributed by atoms with Crippen LogP contribution in [-0.4, -0.2) is 13.8 Å². The first-order valence-electron chi connectivity index (χ1n) is 11.9. The van der Waals surface area contributed by atoms with Crippen LogP contribution in [0.15, 0.2) is 146 Å². The molecule has 0 unspecified atom stereocenters. The highest BCUT2D eigenvalue weighted by molar-refractivity contribution is 7.00. The lowest BCUT2D eigenvalue weighted by Gasteiger charge is -2.25. The third-order valence-electron chi connectivity index (χ3n) is 6.35. The van der Waals surface area contributed by atoms with Crippen LogP contribution in [0.2, 0.25) is 0 Å². The van der Waals surface area contributed by atoms with Gasteiger partial charge in [-0.1, -0.05) is 156 Å². The first kappa shape index (κ1) is 22.5. The van der Waals surface area contributed by atoms with Crippen LogP contribution in [0, 0.1) is 0 Å². The van der Waals surface area contributed by atoms with Crippen LogP contribution >= 0.6 is 0 Å². The summed E-state index contributed by atoms with van der Waals surface area (Å²) in [5, 5.41) is 0. The number of rotatable bonds is 7. The minimum Gasteiger partial charge on any atom is -0.496 e. The highest BCUT2D eigenvalue weighted by Crippen LogP contribution is 2.38. The number of benzene rings is 5. The Morgan fingerprint density at radius 2 is 0.914 bits per heavy atom. The van der Waals surface area contributed by atoms with Crippen molar-refractivity contribution in [1.82, 2.24) is 0 Å². The van der Waals surface area contributed by atoms with E-state index in [9.17, 15) is 0 Å². The maximum Gasteiger partial charge on any atom is 0.242 e. The summed E-state index contributed by atoms with van der Waals surface area (Å²) in [6, 6.07) is 51.3. The van der Waals surface area contributed by atoms with E-state index in [4.69, 9.17) is 4.74 Å². The largest absolute Gasteiger partial charge is 0.496 e. The average molecular weight is 450 g/mol. The van der Waals surface area contributed by atoms with Crippen molar-refractivity contribution in [1.29, 1.82) is 0 Å². The van der Waals surface area contributed by atoms with Gasteiger partial charge < -0.3 is 4.74 Å². The summed E-state index contributed by atoms with van der Waals surface area (Å²) in [5.74, 6) is 0.861. The Morgan fingerprint density at radius 1 is 0.486 bits per heavy atom. The van der Waals surface area contributed by atoms with Crippen molar-refractivity contribution in [2.24, 2.45) is 0 Å². The topological polar surface area (TPSA) is 9.23 Å². The molecule has 0 radical (unpaired) electrons. The second-order valence-corrected chi connectivity index (χ2v) is 8.48. The van der Waals surface area contributed by atoms with Gasteiger partial charge in [0.05, 0.1) is 7.11 Å². The zero-order chi connectivity index (χ0) is 23.9. The molecule has 5 aromatic rings. The number of hydrogen-bond donors (Lipinski definition) is 0. The summed E-state index contributed by atoms with van der Waals surface area (Å²) in [5.41, 5.74) is 8.35. The molecule has 168 valence electrons. The molecule has 0 aliphatic rings. The summed E-state index contributed by atoms with van der Waals surface area (Å²) in [7, 11) is 1.75. The lowest BCUT2D eigenvalue weighted by Crippen LogP contribution is -2.44. The third-order valence-corrected chi connectivity index (χ3v) is 6.35. The predicted octanol–water partition coefficient (Wildman–Crippen LogP) is 6.50. The van der Waals surface area contributed by atoms with Crippen LogP contribution in [0.3, 0.4) is 0 Å². The smallest absolute Gasteiger partial charge is 0.242 e. The van der Waals surface area contributed by atoms with E-state index in [0.717, 1.165) is 16.9 Å². The third kappa shape index (κ3) is 4.83. The van der Waals surface area contributed by atoms with Crippen molar-refractivity contribution in [2.45, 2.75) is 0 Å². The summed E-state index contributed by atoms with van der Waals surface area (Å²) < 4.78 is 5.89. The quantitative estimate of drug-likeness (QED) is 0.203. The van der Waals surface area contributed by atoms with E-state index < -0.39 is 0 Å². The van der Waals surface area contributed by atoms with Crippen molar-refractivity contribution in [3.8, 4) is 5.75 Å². The standard InChI is InChI=1S/C33H27BO/c1-35-31-25-15-14-24-30(31)32(26-16-6-2-7-17-26)33(27-18-8-3-9-19-27)34(28-20-10-4-11-21-28)29-22-12-5-13-23-29/h2-25H,1H3/b33-32-. The van der Waals surface area contributed by atoms with Gasteiger partial charge in [-0.25, -0.2) is 0 Å². The van der Waals surface area contributed by atoms with Crippen LogP contribution in [0.4, 0.5) is 0 Å². The van der Waals surface area contributed by atoms with Gasteiger partial charge in [-0.05, 0) is 22.8 Å². The van der Waals surface area contributed by atoms with E-state index in [0.29, 0.717) is 0 Å². The van der Waals surface area contributed by atoms with Gasteiger partial charge in [0.25, 0.3) is 0 Å². The maximum atomic E-state index is 5.89. The number of methoxy groups -OCH3 is 1. The zero-order valence-corrected chi connectivity index (χ0v) is 19.8. The molecular weight excluding hydrogens is 423 g/mol. The molecule has 0 heterocycles. The summed E-state index contributed by atoms with van der Waals surface area (Å²) in [6.07, 6.45) is 0. The van der Waals surface area contributed by atoms with Gasteiger partial charge >= 0.3 is 0 Å². The summed E-state index contributed by atoms with van der Waals surface area (Å²) in [6.45, 7) is 0.0277. The lowest BCUT2D eigenvalue weighted by molar-refractivity contribution is 0.413. The highest BCUT2D eigenvalue weighted by Gasteiger charge is 2.29. The molecule has 0 spiro atoms. The van der Waals surface area contributed by atoms with Crippen LogP contribution < -0.4 is 15.7 Å². The Morgan fingerprint density at radius 3 is 1.43 bits per heavy atom. The molecule has 0 aliphatic heterocycles. The molecular formula is C33H27BO. The molecule has 1 nitrogen and oxygen atoms in total. The van der Waals surface area contributed by atoms with Crippen molar-refractivity contribution >= 4 is 28.7 Å². The first-order chi connectivity index (χ1) is 17.4. The average Bonchev–Trinajstić information content (AvgIpc) is 2.95. The molecule has 0 aliphatic carbocycles.